The number of H-pyrrole nitrogens is 1. The Balaban J connectivity index is 2.09. The van der Waals surface area contributed by atoms with E-state index in [2.05, 4.69) is 20.3 Å². The maximum Gasteiger partial charge on any atom is 0.316 e. The molecule has 0 bridgehead atoms. The van der Waals surface area contributed by atoms with E-state index >= 15 is 0 Å². The van der Waals surface area contributed by atoms with Gasteiger partial charge >= 0.3 is 11.1 Å². The van der Waals surface area contributed by atoms with E-state index in [1.165, 1.54) is 17.8 Å². The SMILES string of the molecule is Cn1c(=O)c(=O)[nH]c2cc(Nc3nc(Cl)ncc3Cl)ccc21. The Labute approximate surface area is 133 Å². The second kappa shape index (κ2) is 5.43. The van der Waals surface area contributed by atoms with Gasteiger partial charge in [-0.3, -0.25) is 9.59 Å². The number of fused-ring (bicyclic) bond motifs is 1. The van der Waals surface area contributed by atoms with Crippen LogP contribution in [0.25, 0.3) is 11.0 Å². The van der Waals surface area contributed by atoms with E-state index in [1.54, 1.807) is 18.2 Å². The Kier molecular flexibility index (Phi) is 3.59. The number of aromatic amines is 1. The van der Waals surface area contributed by atoms with Crippen molar-refractivity contribution in [2.24, 2.45) is 7.05 Å². The standard InChI is InChI=1S/C13H9Cl2N5O2/c1-20-9-3-2-6(4-8(9)18-11(21)12(20)22)17-10-7(14)5-16-13(15)19-10/h2-5H,1H3,(H,18,21)(H,16,17,19). The van der Waals surface area contributed by atoms with Gasteiger partial charge in [-0.2, -0.15) is 4.98 Å². The quantitative estimate of drug-likeness (QED) is 0.551. The molecular formula is C13H9Cl2N5O2. The van der Waals surface area contributed by atoms with Gasteiger partial charge in [0.25, 0.3) is 0 Å². The summed E-state index contributed by atoms with van der Waals surface area (Å²) in [6.45, 7) is 0. The molecule has 0 radical (unpaired) electrons. The van der Waals surface area contributed by atoms with Crippen molar-refractivity contribution in [3.63, 3.8) is 0 Å². The Morgan fingerprint density at radius 1 is 1.27 bits per heavy atom. The van der Waals surface area contributed by atoms with Crippen molar-refractivity contribution < 1.29 is 0 Å². The lowest BCUT2D eigenvalue weighted by atomic mass is 10.2. The van der Waals surface area contributed by atoms with E-state index in [0.29, 0.717) is 27.6 Å². The zero-order valence-corrected chi connectivity index (χ0v) is 12.7. The van der Waals surface area contributed by atoms with Gasteiger partial charge in [0.15, 0.2) is 5.82 Å². The summed E-state index contributed by atoms with van der Waals surface area (Å²) in [4.78, 5) is 33.4. The van der Waals surface area contributed by atoms with Gasteiger partial charge in [-0.15, -0.1) is 0 Å². The Bertz CT molecular complexity index is 996. The number of hydrogen-bond acceptors (Lipinski definition) is 5. The van der Waals surface area contributed by atoms with Crippen LogP contribution in [0.4, 0.5) is 11.5 Å². The van der Waals surface area contributed by atoms with Crippen LogP contribution in [0.5, 0.6) is 0 Å². The zero-order chi connectivity index (χ0) is 15.9. The molecule has 0 atom stereocenters. The highest BCUT2D eigenvalue weighted by atomic mass is 35.5. The number of hydrogen-bond donors (Lipinski definition) is 2. The van der Waals surface area contributed by atoms with Gasteiger partial charge < -0.3 is 14.9 Å². The first-order chi connectivity index (χ1) is 10.5. The highest BCUT2D eigenvalue weighted by Gasteiger charge is 2.08. The average molecular weight is 338 g/mol. The summed E-state index contributed by atoms with van der Waals surface area (Å²) in [6, 6.07) is 5.10. The fraction of sp³-hybridized carbons (Fsp3) is 0.0769. The largest absolute Gasteiger partial charge is 0.339 e. The van der Waals surface area contributed by atoms with Crippen LogP contribution in [-0.2, 0) is 7.05 Å². The molecule has 2 N–H and O–H groups in total. The number of aryl methyl sites for hydroxylation is 1. The maximum absolute atomic E-state index is 11.6. The Hall–Kier alpha value is -2.38. The summed E-state index contributed by atoms with van der Waals surface area (Å²) in [5.74, 6) is 0.341. The van der Waals surface area contributed by atoms with Crippen molar-refractivity contribution in [2.75, 3.05) is 5.32 Å². The highest BCUT2D eigenvalue weighted by molar-refractivity contribution is 6.33. The molecule has 22 heavy (non-hydrogen) atoms. The zero-order valence-electron chi connectivity index (χ0n) is 11.2. The lowest BCUT2D eigenvalue weighted by Crippen LogP contribution is -2.34. The molecule has 0 aliphatic carbocycles. The average Bonchev–Trinajstić information content (AvgIpc) is 2.48. The fourth-order valence-corrected chi connectivity index (χ4v) is 2.29. The molecule has 2 aromatic heterocycles. The number of aromatic nitrogens is 4. The van der Waals surface area contributed by atoms with Crippen molar-refractivity contribution in [2.45, 2.75) is 0 Å². The molecule has 2 heterocycles. The maximum atomic E-state index is 11.6. The third kappa shape index (κ3) is 2.56. The number of benzene rings is 1. The summed E-state index contributed by atoms with van der Waals surface area (Å²) in [5.41, 5.74) is 0.433. The van der Waals surface area contributed by atoms with Crippen molar-refractivity contribution in [1.82, 2.24) is 19.5 Å². The van der Waals surface area contributed by atoms with Crippen molar-refractivity contribution >= 4 is 45.7 Å². The van der Waals surface area contributed by atoms with E-state index < -0.39 is 11.1 Å². The van der Waals surface area contributed by atoms with Gasteiger partial charge in [0.2, 0.25) is 5.28 Å². The first-order valence-corrected chi connectivity index (χ1v) is 6.89. The normalized spacial score (nSPS) is 10.9. The minimum absolute atomic E-state index is 0.0588. The van der Waals surface area contributed by atoms with E-state index in [-0.39, 0.29) is 5.28 Å². The van der Waals surface area contributed by atoms with Crippen LogP contribution in [0.2, 0.25) is 10.3 Å². The summed E-state index contributed by atoms with van der Waals surface area (Å²) < 4.78 is 1.28. The van der Waals surface area contributed by atoms with E-state index in [4.69, 9.17) is 23.2 Å². The number of nitrogens with one attached hydrogen (secondary N) is 2. The van der Waals surface area contributed by atoms with Crippen LogP contribution >= 0.6 is 23.2 Å². The molecule has 0 saturated carbocycles. The third-order valence-corrected chi connectivity index (χ3v) is 3.54. The molecule has 1 aromatic carbocycles. The van der Waals surface area contributed by atoms with Gasteiger partial charge in [0.1, 0.15) is 5.02 Å². The van der Waals surface area contributed by atoms with Crippen molar-refractivity contribution in [3.05, 3.63) is 55.4 Å². The summed E-state index contributed by atoms with van der Waals surface area (Å²) >= 11 is 11.7. The third-order valence-electron chi connectivity index (χ3n) is 3.08. The number of anilines is 2. The van der Waals surface area contributed by atoms with Crippen LogP contribution in [0.15, 0.2) is 34.0 Å². The second-order valence-electron chi connectivity index (χ2n) is 4.51. The number of nitrogens with zero attached hydrogens (tertiary/aromatic N) is 3. The summed E-state index contributed by atoms with van der Waals surface area (Å²) in [6.07, 6.45) is 1.38. The first-order valence-electron chi connectivity index (χ1n) is 6.14. The Morgan fingerprint density at radius 3 is 2.82 bits per heavy atom. The molecular weight excluding hydrogens is 329 g/mol. The van der Waals surface area contributed by atoms with Gasteiger partial charge in [-0.05, 0) is 29.8 Å². The molecule has 112 valence electrons. The van der Waals surface area contributed by atoms with Gasteiger partial charge in [-0.1, -0.05) is 11.6 Å². The van der Waals surface area contributed by atoms with Gasteiger partial charge in [-0.25, -0.2) is 4.98 Å². The lowest BCUT2D eigenvalue weighted by molar-refractivity contribution is 0.874. The number of halogens is 2. The molecule has 0 aliphatic rings. The topological polar surface area (TPSA) is 92.7 Å². The van der Waals surface area contributed by atoms with E-state index in [1.807, 2.05) is 0 Å². The van der Waals surface area contributed by atoms with Crippen molar-refractivity contribution in [3.8, 4) is 0 Å². The molecule has 9 heteroatoms. The molecule has 0 spiro atoms. The van der Waals surface area contributed by atoms with Crippen LogP contribution in [0.3, 0.4) is 0 Å². The van der Waals surface area contributed by atoms with Crippen LogP contribution in [-0.4, -0.2) is 19.5 Å². The highest BCUT2D eigenvalue weighted by Crippen LogP contribution is 2.25. The van der Waals surface area contributed by atoms with Gasteiger partial charge in [0.05, 0.1) is 17.2 Å². The minimum atomic E-state index is -0.685. The minimum Gasteiger partial charge on any atom is -0.339 e. The summed E-state index contributed by atoms with van der Waals surface area (Å²) in [7, 11) is 1.54. The van der Waals surface area contributed by atoms with Crippen LogP contribution in [0.1, 0.15) is 0 Å². The molecule has 0 fully saturated rings. The molecule has 0 unspecified atom stereocenters. The predicted octanol–water partition coefficient (Wildman–Crippen LogP) is 2.07. The van der Waals surface area contributed by atoms with Gasteiger partial charge in [0, 0.05) is 12.7 Å². The summed E-state index contributed by atoms with van der Waals surface area (Å²) in [5, 5.41) is 3.34. The van der Waals surface area contributed by atoms with Crippen molar-refractivity contribution in [1.29, 1.82) is 0 Å². The van der Waals surface area contributed by atoms with Crippen LogP contribution < -0.4 is 16.4 Å². The number of rotatable bonds is 2. The fourth-order valence-electron chi connectivity index (χ4n) is 2.01. The molecule has 0 saturated heterocycles. The van der Waals surface area contributed by atoms with E-state index in [0.717, 1.165) is 0 Å². The van der Waals surface area contributed by atoms with E-state index in [9.17, 15) is 9.59 Å². The molecule has 7 nitrogen and oxygen atoms in total. The molecule has 0 amide bonds. The molecule has 0 aliphatic heterocycles. The Morgan fingerprint density at radius 2 is 2.05 bits per heavy atom. The lowest BCUT2D eigenvalue weighted by Gasteiger charge is -2.09. The smallest absolute Gasteiger partial charge is 0.316 e. The second-order valence-corrected chi connectivity index (χ2v) is 5.26. The van der Waals surface area contributed by atoms with Crippen LogP contribution in [0, 0.1) is 0 Å². The first kappa shape index (κ1) is 14.6. The monoisotopic (exact) mass is 337 g/mol. The molecule has 3 rings (SSSR count). The predicted molar refractivity (Wildman–Crippen MR) is 85.1 cm³/mol. The molecule has 3 aromatic rings.